The molecule has 0 spiro atoms. The maximum atomic E-state index is 10.1. The summed E-state index contributed by atoms with van der Waals surface area (Å²) in [6.45, 7) is 0. The first-order valence-corrected chi connectivity index (χ1v) is 3.28. The van der Waals surface area contributed by atoms with Crippen LogP contribution in [-0.4, -0.2) is 20.4 Å². The van der Waals surface area contributed by atoms with E-state index in [9.17, 15) is 4.79 Å². The molecule has 1 heterocycles. The van der Waals surface area contributed by atoms with E-state index >= 15 is 0 Å². The third-order valence-electron chi connectivity index (χ3n) is 0.721. The summed E-state index contributed by atoms with van der Waals surface area (Å²) in [5, 5.41) is 7.51. The Morgan fingerprint density at radius 3 is 2.60 bits per heavy atom. The van der Waals surface area contributed by atoms with Gasteiger partial charge in [0.25, 0.3) is 0 Å². The molecule has 0 aromatic carbocycles. The van der Waals surface area contributed by atoms with E-state index in [1.165, 1.54) is 12.4 Å². The molecular formula is C5H4N2O2S. The molecule has 0 aliphatic carbocycles. The maximum absolute atomic E-state index is 10.1. The molecule has 0 aliphatic heterocycles. The Labute approximate surface area is 61.3 Å². The monoisotopic (exact) mass is 156 g/mol. The van der Waals surface area contributed by atoms with E-state index in [2.05, 4.69) is 9.97 Å². The number of carbonyl (C=O) groups is 1. The predicted molar refractivity (Wildman–Crippen MR) is 35.9 cm³/mol. The molecule has 10 heavy (non-hydrogen) atoms. The summed E-state index contributed by atoms with van der Waals surface area (Å²) in [4.78, 5) is 17.4. The van der Waals surface area contributed by atoms with Gasteiger partial charge in [0.05, 0.1) is 0 Å². The van der Waals surface area contributed by atoms with Crippen molar-refractivity contribution in [2.75, 3.05) is 0 Å². The second-order valence-electron chi connectivity index (χ2n) is 1.40. The fourth-order valence-electron chi connectivity index (χ4n) is 0.416. The van der Waals surface area contributed by atoms with Crippen LogP contribution in [0.15, 0.2) is 23.6 Å². The summed E-state index contributed by atoms with van der Waals surface area (Å²) < 4.78 is 0. The normalized spacial score (nSPS) is 9.20. The fraction of sp³-hybridized carbons (Fsp3) is 0. The zero-order valence-corrected chi connectivity index (χ0v) is 5.71. The van der Waals surface area contributed by atoms with Gasteiger partial charge in [-0.25, -0.2) is 14.8 Å². The molecule has 1 rings (SSSR count). The van der Waals surface area contributed by atoms with E-state index < -0.39 is 5.30 Å². The smallest absolute Gasteiger partial charge is 0.372 e. The van der Waals surface area contributed by atoms with Crippen LogP contribution in [0.1, 0.15) is 0 Å². The zero-order chi connectivity index (χ0) is 7.40. The predicted octanol–water partition coefficient (Wildman–Crippen LogP) is 1.25. The van der Waals surface area contributed by atoms with E-state index in [4.69, 9.17) is 5.11 Å². The topological polar surface area (TPSA) is 63.1 Å². The van der Waals surface area contributed by atoms with Crippen molar-refractivity contribution >= 4 is 17.1 Å². The van der Waals surface area contributed by atoms with Gasteiger partial charge in [-0.3, -0.25) is 0 Å². The van der Waals surface area contributed by atoms with Gasteiger partial charge in [-0.2, -0.15) is 0 Å². The number of nitrogens with zero attached hydrogens (tertiary/aromatic N) is 2. The Balaban J connectivity index is 2.67. The first kappa shape index (κ1) is 7.01. The van der Waals surface area contributed by atoms with Crippen LogP contribution in [0.4, 0.5) is 4.79 Å². The van der Waals surface area contributed by atoms with Gasteiger partial charge >= 0.3 is 5.30 Å². The van der Waals surface area contributed by atoms with Crippen molar-refractivity contribution in [2.45, 2.75) is 5.16 Å². The lowest BCUT2D eigenvalue weighted by Gasteiger charge is -1.89. The zero-order valence-electron chi connectivity index (χ0n) is 4.89. The molecule has 0 bridgehead atoms. The Morgan fingerprint density at radius 2 is 2.10 bits per heavy atom. The van der Waals surface area contributed by atoms with E-state index in [0.717, 1.165) is 0 Å². The summed E-state index contributed by atoms with van der Waals surface area (Å²) in [5.41, 5.74) is 0. The van der Waals surface area contributed by atoms with Crippen molar-refractivity contribution in [2.24, 2.45) is 0 Å². The van der Waals surface area contributed by atoms with Gasteiger partial charge in [0.2, 0.25) is 0 Å². The van der Waals surface area contributed by atoms with E-state index in [-0.39, 0.29) is 5.16 Å². The lowest BCUT2D eigenvalue weighted by molar-refractivity contribution is 0.222. The molecule has 0 unspecified atom stereocenters. The van der Waals surface area contributed by atoms with Gasteiger partial charge in [0.15, 0.2) is 5.16 Å². The average Bonchev–Trinajstić information content (AvgIpc) is 1.88. The molecule has 1 N–H and O–H groups in total. The standard InChI is InChI=1S/C5H4N2O2S/c8-5(9)10-4-6-2-1-3-7-4/h1-3H,(H,8,9). The third-order valence-corrected chi connectivity index (χ3v) is 1.29. The molecule has 0 fully saturated rings. The van der Waals surface area contributed by atoms with Gasteiger partial charge in [0, 0.05) is 24.2 Å². The lowest BCUT2D eigenvalue weighted by atomic mass is 10.7. The van der Waals surface area contributed by atoms with Crippen molar-refractivity contribution in [3.8, 4) is 0 Å². The minimum atomic E-state index is -0.994. The van der Waals surface area contributed by atoms with Crippen LogP contribution < -0.4 is 0 Å². The number of thioether (sulfide) groups is 1. The van der Waals surface area contributed by atoms with Gasteiger partial charge in [0.1, 0.15) is 0 Å². The van der Waals surface area contributed by atoms with Crippen molar-refractivity contribution in [1.82, 2.24) is 9.97 Å². The number of rotatable bonds is 1. The van der Waals surface area contributed by atoms with Gasteiger partial charge < -0.3 is 5.11 Å². The second-order valence-corrected chi connectivity index (χ2v) is 2.32. The first-order chi connectivity index (χ1) is 4.79. The van der Waals surface area contributed by atoms with Gasteiger partial charge in [-0.05, 0) is 6.07 Å². The van der Waals surface area contributed by atoms with Crippen molar-refractivity contribution < 1.29 is 9.90 Å². The highest BCUT2D eigenvalue weighted by Crippen LogP contribution is 2.10. The first-order valence-electron chi connectivity index (χ1n) is 2.47. The molecule has 0 saturated carbocycles. The minimum Gasteiger partial charge on any atom is -0.473 e. The van der Waals surface area contributed by atoms with E-state index in [0.29, 0.717) is 11.8 Å². The van der Waals surface area contributed by atoms with Crippen molar-refractivity contribution in [3.05, 3.63) is 18.5 Å². The second kappa shape index (κ2) is 3.17. The molecule has 4 nitrogen and oxygen atoms in total. The number of aromatic nitrogens is 2. The number of hydrogen-bond acceptors (Lipinski definition) is 4. The molecule has 0 aliphatic rings. The highest BCUT2D eigenvalue weighted by atomic mass is 32.2. The molecule has 1 aromatic rings. The highest BCUT2D eigenvalue weighted by Gasteiger charge is 2.01. The Morgan fingerprint density at radius 1 is 1.50 bits per heavy atom. The van der Waals surface area contributed by atoms with Crippen LogP contribution in [0.5, 0.6) is 0 Å². The van der Waals surface area contributed by atoms with E-state index in [1.54, 1.807) is 6.07 Å². The maximum Gasteiger partial charge on any atom is 0.372 e. The lowest BCUT2D eigenvalue weighted by Crippen LogP contribution is -1.88. The third kappa shape index (κ3) is 2.02. The minimum absolute atomic E-state index is 0.259. The number of hydrogen-bond donors (Lipinski definition) is 1. The Bertz CT molecular complexity index is 226. The van der Waals surface area contributed by atoms with Crippen molar-refractivity contribution in [3.63, 3.8) is 0 Å². The molecular weight excluding hydrogens is 152 g/mol. The van der Waals surface area contributed by atoms with Crippen LogP contribution in [0.3, 0.4) is 0 Å². The van der Waals surface area contributed by atoms with Crippen LogP contribution >= 0.6 is 11.8 Å². The Hall–Kier alpha value is -1.10. The fourth-order valence-corrected chi connectivity index (χ4v) is 0.800. The van der Waals surface area contributed by atoms with Gasteiger partial charge in [-0.15, -0.1) is 0 Å². The SMILES string of the molecule is O=C(O)Sc1ncccn1. The van der Waals surface area contributed by atoms with Crippen molar-refractivity contribution in [1.29, 1.82) is 0 Å². The van der Waals surface area contributed by atoms with Gasteiger partial charge in [-0.1, -0.05) is 0 Å². The molecule has 1 aromatic heterocycles. The van der Waals surface area contributed by atoms with Crippen LogP contribution in [0.25, 0.3) is 0 Å². The van der Waals surface area contributed by atoms with Crippen LogP contribution in [-0.2, 0) is 0 Å². The largest absolute Gasteiger partial charge is 0.473 e. The summed E-state index contributed by atoms with van der Waals surface area (Å²) in [7, 11) is 0. The highest BCUT2D eigenvalue weighted by molar-refractivity contribution is 8.13. The molecule has 0 atom stereocenters. The quantitative estimate of drug-likeness (QED) is 0.489. The number of carboxylic acid groups (broad SMARTS) is 1. The summed E-state index contributed by atoms with van der Waals surface area (Å²) in [6, 6.07) is 1.63. The molecule has 52 valence electrons. The van der Waals surface area contributed by atoms with Crippen LogP contribution in [0, 0.1) is 0 Å². The molecule has 0 saturated heterocycles. The summed E-state index contributed by atoms with van der Waals surface area (Å²) in [5.74, 6) is 0. The average molecular weight is 156 g/mol. The summed E-state index contributed by atoms with van der Waals surface area (Å²) in [6.07, 6.45) is 3.00. The Kier molecular flexibility index (Phi) is 2.22. The van der Waals surface area contributed by atoms with Crippen LogP contribution in [0.2, 0.25) is 0 Å². The van der Waals surface area contributed by atoms with E-state index in [1.807, 2.05) is 0 Å². The molecule has 5 heteroatoms. The molecule has 0 radical (unpaired) electrons. The summed E-state index contributed by atoms with van der Waals surface area (Å²) >= 11 is 0.593. The molecule has 0 amide bonds.